The minimum atomic E-state index is -4.24. The zero-order valence-corrected chi connectivity index (χ0v) is 19.7. The Kier molecular flexibility index (Phi) is 6.10. The highest BCUT2D eigenvalue weighted by atomic mass is 35.5. The Morgan fingerprint density at radius 1 is 0.909 bits per heavy atom. The van der Waals surface area contributed by atoms with Gasteiger partial charge in [0.25, 0.3) is 5.56 Å². The molecule has 3 aromatic carbocycles. The van der Waals surface area contributed by atoms with Crippen molar-refractivity contribution in [1.82, 2.24) is 14.5 Å². The molecule has 0 fully saturated rings. The van der Waals surface area contributed by atoms with E-state index in [2.05, 4.69) is 5.10 Å². The third-order valence-corrected chi connectivity index (χ3v) is 7.55. The maximum absolute atomic E-state index is 13.1. The second-order valence-electron chi connectivity index (χ2n) is 7.31. The molecule has 0 bridgehead atoms. The standard InChI is InChI=1S/C22H18ClN3O5S2/c1-32(28,29)14-24-33(30,31)20-13-15(11-12-19(20)23)21-17-9-5-6-10-18(17)22(27)26(25-21)16-7-3-2-4-8-16/h2-13,24H,14H2,1H3. The van der Waals surface area contributed by atoms with Crippen molar-refractivity contribution in [2.75, 3.05) is 12.1 Å². The van der Waals surface area contributed by atoms with Crippen molar-refractivity contribution in [3.63, 3.8) is 0 Å². The summed E-state index contributed by atoms with van der Waals surface area (Å²) < 4.78 is 51.7. The number of para-hydroxylation sites is 1. The van der Waals surface area contributed by atoms with Crippen LogP contribution >= 0.6 is 11.6 Å². The first-order valence-corrected chi connectivity index (χ1v) is 13.5. The monoisotopic (exact) mass is 503 g/mol. The van der Waals surface area contributed by atoms with Crippen LogP contribution in [0.15, 0.2) is 82.5 Å². The number of sulfone groups is 1. The van der Waals surface area contributed by atoms with Crippen LogP contribution in [-0.4, -0.2) is 38.7 Å². The average Bonchev–Trinajstić information content (AvgIpc) is 2.79. The van der Waals surface area contributed by atoms with Gasteiger partial charge in [0.1, 0.15) is 10.8 Å². The lowest BCUT2D eigenvalue weighted by Gasteiger charge is -2.13. The van der Waals surface area contributed by atoms with E-state index in [-0.39, 0.29) is 15.5 Å². The third-order valence-electron chi connectivity index (χ3n) is 4.81. The van der Waals surface area contributed by atoms with E-state index in [1.807, 2.05) is 10.8 Å². The average molecular weight is 504 g/mol. The van der Waals surface area contributed by atoms with Crippen LogP contribution in [0.2, 0.25) is 5.02 Å². The van der Waals surface area contributed by atoms with Crippen molar-refractivity contribution in [2.45, 2.75) is 4.90 Å². The number of hydrogen-bond donors (Lipinski definition) is 1. The zero-order chi connectivity index (χ0) is 23.8. The van der Waals surface area contributed by atoms with E-state index in [0.717, 1.165) is 6.26 Å². The summed E-state index contributed by atoms with van der Waals surface area (Å²) in [5, 5.41) is 5.38. The van der Waals surface area contributed by atoms with Gasteiger partial charge in [0.05, 0.1) is 21.8 Å². The lowest BCUT2D eigenvalue weighted by molar-refractivity contribution is 0.578. The Bertz CT molecular complexity index is 1630. The number of nitrogens with one attached hydrogen (secondary N) is 1. The van der Waals surface area contributed by atoms with E-state index in [1.54, 1.807) is 54.6 Å². The molecule has 0 aliphatic carbocycles. The van der Waals surface area contributed by atoms with Crippen LogP contribution in [-0.2, 0) is 19.9 Å². The number of sulfonamides is 1. The van der Waals surface area contributed by atoms with Crippen molar-refractivity contribution in [3.05, 3.63) is 88.2 Å². The fourth-order valence-electron chi connectivity index (χ4n) is 3.27. The Morgan fingerprint density at radius 2 is 1.55 bits per heavy atom. The van der Waals surface area contributed by atoms with Crippen LogP contribution in [0.3, 0.4) is 0 Å². The normalized spacial score (nSPS) is 12.2. The highest BCUT2D eigenvalue weighted by Gasteiger charge is 2.22. The van der Waals surface area contributed by atoms with Gasteiger partial charge in [0, 0.05) is 17.2 Å². The quantitative estimate of drug-likeness (QED) is 0.432. The highest BCUT2D eigenvalue weighted by Crippen LogP contribution is 2.30. The van der Waals surface area contributed by atoms with E-state index >= 15 is 0 Å². The molecule has 1 N–H and O–H groups in total. The predicted octanol–water partition coefficient (Wildman–Crippen LogP) is 2.99. The molecule has 170 valence electrons. The van der Waals surface area contributed by atoms with Crippen LogP contribution in [0.5, 0.6) is 0 Å². The molecular weight excluding hydrogens is 486 g/mol. The number of nitrogens with zero attached hydrogens (tertiary/aromatic N) is 2. The van der Waals surface area contributed by atoms with Crippen molar-refractivity contribution < 1.29 is 16.8 Å². The van der Waals surface area contributed by atoms with Crippen LogP contribution in [0.4, 0.5) is 0 Å². The SMILES string of the molecule is CS(=O)(=O)CNS(=O)(=O)c1cc(-c2nn(-c3ccccc3)c(=O)c3ccccc23)ccc1Cl. The maximum atomic E-state index is 13.1. The van der Waals surface area contributed by atoms with Gasteiger partial charge in [-0.1, -0.05) is 54.1 Å². The van der Waals surface area contributed by atoms with E-state index in [1.165, 1.54) is 16.8 Å². The molecule has 33 heavy (non-hydrogen) atoms. The molecule has 0 aliphatic rings. The smallest absolute Gasteiger partial charge is 0.267 e. The molecule has 4 aromatic rings. The van der Waals surface area contributed by atoms with Crippen LogP contribution in [0, 0.1) is 0 Å². The van der Waals surface area contributed by atoms with Crippen LogP contribution in [0.25, 0.3) is 27.7 Å². The van der Waals surface area contributed by atoms with E-state index in [0.29, 0.717) is 27.7 Å². The molecule has 0 atom stereocenters. The van der Waals surface area contributed by atoms with Crippen molar-refractivity contribution >= 4 is 42.2 Å². The minimum absolute atomic E-state index is 0.0829. The van der Waals surface area contributed by atoms with Crippen LogP contribution in [0.1, 0.15) is 0 Å². The van der Waals surface area contributed by atoms with Crippen molar-refractivity contribution in [3.8, 4) is 16.9 Å². The summed E-state index contributed by atoms with van der Waals surface area (Å²) in [6.45, 7) is 0. The topological polar surface area (TPSA) is 115 Å². The fourth-order valence-corrected chi connectivity index (χ4v) is 5.93. The Labute approximate surface area is 195 Å². The van der Waals surface area contributed by atoms with E-state index in [9.17, 15) is 21.6 Å². The maximum Gasteiger partial charge on any atom is 0.279 e. The first kappa shape index (κ1) is 23.1. The molecule has 8 nitrogen and oxygen atoms in total. The van der Waals surface area contributed by atoms with Gasteiger partial charge in [0.15, 0.2) is 9.84 Å². The number of hydrogen-bond acceptors (Lipinski definition) is 6. The molecule has 0 radical (unpaired) electrons. The number of aromatic nitrogens is 2. The summed E-state index contributed by atoms with van der Waals surface area (Å²) in [6.07, 6.45) is 0.913. The van der Waals surface area contributed by atoms with Gasteiger partial charge in [-0.05, 0) is 30.3 Å². The summed E-state index contributed by atoms with van der Waals surface area (Å²) in [5.74, 6) is -0.768. The van der Waals surface area contributed by atoms with Crippen LogP contribution < -0.4 is 10.3 Å². The highest BCUT2D eigenvalue weighted by molar-refractivity contribution is 7.93. The Morgan fingerprint density at radius 3 is 2.21 bits per heavy atom. The third kappa shape index (κ3) is 4.83. The summed E-state index contributed by atoms with van der Waals surface area (Å²) >= 11 is 6.14. The van der Waals surface area contributed by atoms with Gasteiger partial charge in [0.2, 0.25) is 10.0 Å². The van der Waals surface area contributed by atoms with E-state index < -0.39 is 25.7 Å². The van der Waals surface area contributed by atoms with Gasteiger partial charge >= 0.3 is 0 Å². The molecule has 4 rings (SSSR count). The van der Waals surface area contributed by atoms with Gasteiger partial charge in [-0.25, -0.2) is 16.8 Å². The number of rotatable bonds is 6. The minimum Gasteiger partial charge on any atom is -0.267 e. The number of fused-ring (bicyclic) bond motifs is 1. The molecule has 0 saturated carbocycles. The van der Waals surface area contributed by atoms with Gasteiger partial charge in [-0.3, -0.25) is 4.79 Å². The van der Waals surface area contributed by atoms with Crippen molar-refractivity contribution in [2.24, 2.45) is 0 Å². The Balaban J connectivity index is 1.94. The summed E-state index contributed by atoms with van der Waals surface area (Å²) in [4.78, 5) is 12.8. The molecule has 0 unspecified atom stereocenters. The summed E-state index contributed by atoms with van der Waals surface area (Å²) in [5.41, 5.74) is 0.980. The molecule has 1 heterocycles. The predicted molar refractivity (Wildman–Crippen MR) is 128 cm³/mol. The number of benzene rings is 3. The second kappa shape index (κ2) is 8.71. The van der Waals surface area contributed by atoms with Gasteiger partial charge in [-0.15, -0.1) is 0 Å². The molecule has 1 aromatic heterocycles. The first-order valence-electron chi connectivity index (χ1n) is 9.62. The fraction of sp³-hybridized carbons (Fsp3) is 0.0909. The lowest BCUT2D eigenvalue weighted by Crippen LogP contribution is -2.29. The largest absolute Gasteiger partial charge is 0.279 e. The lowest BCUT2D eigenvalue weighted by atomic mass is 10.0. The molecule has 0 aliphatic heterocycles. The summed E-state index contributed by atoms with van der Waals surface area (Å²) in [6, 6.07) is 20.0. The second-order valence-corrected chi connectivity index (χ2v) is 11.6. The number of halogens is 1. The first-order chi connectivity index (χ1) is 15.6. The Hall–Kier alpha value is -3.05. The van der Waals surface area contributed by atoms with Crippen molar-refractivity contribution in [1.29, 1.82) is 0 Å². The molecule has 0 spiro atoms. The molecule has 11 heteroatoms. The molecule has 0 amide bonds. The molecular formula is C22H18ClN3O5S2. The van der Waals surface area contributed by atoms with Gasteiger partial charge < -0.3 is 0 Å². The van der Waals surface area contributed by atoms with Gasteiger partial charge in [-0.2, -0.15) is 14.5 Å². The zero-order valence-electron chi connectivity index (χ0n) is 17.3. The molecule has 0 saturated heterocycles. The van der Waals surface area contributed by atoms with E-state index in [4.69, 9.17) is 11.6 Å². The summed E-state index contributed by atoms with van der Waals surface area (Å²) in [7, 11) is -7.83.